The van der Waals surface area contributed by atoms with Gasteiger partial charge in [0.15, 0.2) is 5.58 Å². The molecule has 0 saturated heterocycles. The first kappa shape index (κ1) is 17.5. The summed E-state index contributed by atoms with van der Waals surface area (Å²) in [4.78, 5) is 17.1. The molecule has 3 rings (SSSR count). The maximum absolute atomic E-state index is 12.7. The van der Waals surface area contributed by atoms with E-state index in [1.807, 2.05) is 50.2 Å². The van der Waals surface area contributed by atoms with Crippen LogP contribution in [0, 0.1) is 6.92 Å². The van der Waals surface area contributed by atoms with Crippen molar-refractivity contribution in [2.24, 2.45) is 0 Å². The van der Waals surface area contributed by atoms with Crippen LogP contribution < -0.4 is 5.32 Å². The summed E-state index contributed by atoms with van der Waals surface area (Å²) in [5, 5.41) is 3.28. The lowest BCUT2D eigenvalue weighted by molar-refractivity contribution is -0.115. The Bertz CT molecular complexity index is 869. The second kappa shape index (κ2) is 7.31. The molecular weight excluding hydrogens is 332 g/mol. The fraction of sp³-hybridized carbons (Fsp3) is 0.300. The molecule has 0 aliphatic carbocycles. The summed E-state index contributed by atoms with van der Waals surface area (Å²) in [5.74, 6) is 0.290. The number of aryl methyl sites for hydroxylation is 1. The van der Waals surface area contributed by atoms with Crippen LogP contribution in [0.25, 0.3) is 11.1 Å². The number of fused-ring (bicyclic) bond motifs is 1. The van der Waals surface area contributed by atoms with Gasteiger partial charge in [-0.05, 0) is 43.0 Å². The van der Waals surface area contributed by atoms with E-state index in [-0.39, 0.29) is 11.2 Å². The summed E-state index contributed by atoms with van der Waals surface area (Å²) in [5.41, 5.74) is 4.66. The highest BCUT2D eigenvalue weighted by Gasteiger charge is 2.20. The van der Waals surface area contributed by atoms with Gasteiger partial charge in [0.25, 0.3) is 5.22 Å². The largest absolute Gasteiger partial charge is 0.431 e. The van der Waals surface area contributed by atoms with Crippen molar-refractivity contribution in [2.45, 2.75) is 44.1 Å². The number of nitrogens with zero attached hydrogens (tertiary/aromatic N) is 1. The summed E-state index contributed by atoms with van der Waals surface area (Å²) >= 11 is 1.33. The summed E-state index contributed by atoms with van der Waals surface area (Å²) in [7, 11) is 0. The summed E-state index contributed by atoms with van der Waals surface area (Å²) < 4.78 is 5.70. The molecule has 1 heterocycles. The van der Waals surface area contributed by atoms with Crippen LogP contribution in [0.4, 0.5) is 5.69 Å². The van der Waals surface area contributed by atoms with Gasteiger partial charge < -0.3 is 9.73 Å². The van der Waals surface area contributed by atoms with Crippen LogP contribution in [0.2, 0.25) is 0 Å². The second-order valence-electron chi connectivity index (χ2n) is 6.39. The monoisotopic (exact) mass is 354 g/mol. The Morgan fingerprint density at radius 2 is 1.88 bits per heavy atom. The number of carbonyl (C=O) groups is 1. The van der Waals surface area contributed by atoms with E-state index in [0.29, 0.717) is 11.1 Å². The van der Waals surface area contributed by atoms with Gasteiger partial charge in [0.1, 0.15) is 5.52 Å². The Balaban J connectivity index is 1.75. The molecule has 0 bridgehead atoms. The molecule has 0 spiro atoms. The zero-order valence-corrected chi connectivity index (χ0v) is 15.7. The maximum Gasteiger partial charge on any atom is 0.257 e. The number of para-hydroxylation sites is 3. The van der Waals surface area contributed by atoms with Crippen LogP contribution >= 0.6 is 11.8 Å². The summed E-state index contributed by atoms with van der Waals surface area (Å²) in [6.07, 6.45) is 0. The fourth-order valence-electron chi connectivity index (χ4n) is 2.67. The first-order valence-electron chi connectivity index (χ1n) is 8.38. The molecule has 25 heavy (non-hydrogen) atoms. The van der Waals surface area contributed by atoms with Gasteiger partial charge >= 0.3 is 0 Å². The molecule has 0 saturated carbocycles. The highest BCUT2D eigenvalue weighted by molar-refractivity contribution is 8.00. The predicted octanol–water partition coefficient (Wildman–Crippen LogP) is 5.38. The third-order valence-corrected chi connectivity index (χ3v) is 5.04. The number of anilines is 1. The van der Waals surface area contributed by atoms with Crippen molar-refractivity contribution in [1.29, 1.82) is 0 Å². The topological polar surface area (TPSA) is 55.1 Å². The Kier molecular flexibility index (Phi) is 5.13. The van der Waals surface area contributed by atoms with Crippen molar-refractivity contribution in [1.82, 2.24) is 4.98 Å². The van der Waals surface area contributed by atoms with Gasteiger partial charge in [0.2, 0.25) is 5.91 Å². The molecule has 0 aliphatic rings. The Hall–Kier alpha value is -2.27. The Morgan fingerprint density at radius 3 is 2.60 bits per heavy atom. The number of hydrogen-bond donors (Lipinski definition) is 1. The van der Waals surface area contributed by atoms with E-state index in [1.54, 1.807) is 0 Å². The van der Waals surface area contributed by atoms with Gasteiger partial charge in [0.05, 0.1) is 5.25 Å². The number of hydrogen-bond acceptors (Lipinski definition) is 4. The minimum Gasteiger partial charge on any atom is -0.431 e. The SMILES string of the molecule is Cc1cccc(C(C)C)c1NC(=O)C(C)Sc1nc2ccccc2o1. The lowest BCUT2D eigenvalue weighted by Crippen LogP contribution is -2.23. The van der Waals surface area contributed by atoms with Crippen molar-refractivity contribution in [2.75, 3.05) is 5.32 Å². The van der Waals surface area contributed by atoms with E-state index in [4.69, 9.17) is 4.42 Å². The summed E-state index contributed by atoms with van der Waals surface area (Å²) in [6, 6.07) is 13.7. The van der Waals surface area contributed by atoms with Crippen LogP contribution in [0.15, 0.2) is 52.1 Å². The van der Waals surface area contributed by atoms with Gasteiger partial charge in [-0.2, -0.15) is 0 Å². The minimum atomic E-state index is -0.312. The van der Waals surface area contributed by atoms with Gasteiger partial charge in [-0.1, -0.05) is 55.9 Å². The number of nitrogens with one attached hydrogen (secondary N) is 1. The maximum atomic E-state index is 12.7. The fourth-order valence-corrected chi connectivity index (χ4v) is 3.43. The number of amides is 1. The van der Waals surface area contributed by atoms with E-state index in [1.165, 1.54) is 11.8 Å². The second-order valence-corrected chi connectivity index (χ2v) is 7.68. The molecule has 4 nitrogen and oxygen atoms in total. The van der Waals surface area contributed by atoms with Crippen molar-refractivity contribution in [3.8, 4) is 0 Å². The smallest absolute Gasteiger partial charge is 0.257 e. The lowest BCUT2D eigenvalue weighted by atomic mass is 9.98. The molecule has 0 radical (unpaired) electrons. The normalized spacial score (nSPS) is 12.5. The first-order chi connectivity index (χ1) is 12.0. The van der Waals surface area contributed by atoms with Crippen LogP contribution in [0.5, 0.6) is 0 Å². The van der Waals surface area contributed by atoms with Crippen LogP contribution in [-0.2, 0) is 4.79 Å². The zero-order chi connectivity index (χ0) is 18.0. The minimum absolute atomic E-state index is 0.0524. The third-order valence-electron chi connectivity index (χ3n) is 4.10. The van der Waals surface area contributed by atoms with Crippen molar-refractivity contribution in [3.63, 3.8) is 0 Å². The number of carbonyl (C=O) groups excluding carboxylic acids is 1. The van der Waals surface area contributed by atoms with E-state index >= 15 is 0 Å². The van der Waals surface area contributed by atoms with E-state index in [9.17, 15) is 4.79 Å². The van der Waals surface area contributed by atoms with Crippen LogP contribution in [-0.4, -0.2) is 16.1 Å². The van der Waals surface area contributed by atoms with Crippen LogP contribution in [0.1, 0.15) is 37.8 Å². The number of thioether (sulfide) groups is 1. The first-order valence-corrected chi connectivity index (χ1v) is 9.26. The molecule has 2 aromatic carbocycles. The molecule has 5 heteroatoms. The van der Waals surface area contributed by atoms with Gasteiger partial charge in [-0.3, -0.25) is 4.79 Å². The van der Waals surface area contributed by atoms with Gasteiger partial charge in [0, 0.05) is 5.69 Å². The Labute approximate surface area is 152 Å². The molecule has 1 aromatic heterocycles. The molecule has 1 amide bonds. The third kappa shape index (κ3) is 3.87. The van der Waals surface area contributed by atoms with Crippen LogP contribution in [0.3, 0.4) is 0 Å². The number of benzene rings is 2. The van der Waals surface area contributed by atoms with Crippen molar-refractivity contribution < 1.29 is 9.21 Å². The van der Waals surface area contributed by atoms with E-state index < -0.39 is 0 Å². The summed E-state index contributed by atoms with van der Waals surface area (Å²) in [6.45, 7) is 8.13. The quantitative estimate of drug-likeness (QED) is 0.625. The molecule has 1 atom stereocenters. The van der Waals surface area contributed by atoms with E-state index in [0.717, 1.165) is 27.9 Å². The average molecular weight is 354 g/mol. The predicted molar refractivity (Wildman–Crippen MR) is 103 cm³/mol. The van der Waals surface area contributed by atoms with Gasteiger partial charge in [-0.15, -0.1) is 0 Å². The molecule has 130 valence electrons. The van der Waals surface area contributed by atoms with Crippen molar-refractivity contribution >= 4 is 34.5 Å². The zero-order valence-electron chi connectivity index (χ0n) is 14.9. The molecule has 0 aliphatic heterocycles. The van der Waals surface area contributed by atoms with E-state index in [2.05, 4.69) is 30.2 Å². The highest BCUT2D eigenvalue weighted by atomic mass is 32.2. The average Bonchev–Trinajstić information content (AvgIpc) is 2.98. The molecular formula is C20H22N2O2S. The molecule has 1 N–H and O–H groups in total. The number of oxazole rings is 1. The number of rotatable bonds is 5. The molecule has 1 unspecified atom stereocenters. The highest BCUT2D eigenvalue weighted by Crippen LogP contribution is 2.30. The molecule has 0 fully saturated rings. The number of aromatic nitrogens is 1. The molecule has 3 aromatic rings. The standard InChI is InChI=1S/C20H22N2O2S/c1-12(2)15-9-7-8-13(3)18(15)22-19(23)14(4)25-20-21-16-10-5-6-11-17(16)24-20/h5-12,14H,1-4H3,(H,22,23). The Morgan fingerprint density at radius 1 is 1.12 bits per heavy atom. The van der Waals surface area contributed by atoms with Crippen molar-refractivity contribution in [3.05, 3.63) is 53.6 Å². The van der Waals surface area contributed by atoms with Gasteiger partial charge in [-0.25, -0.2) is 4.98 Å². The lowest BCUT2D eigenvalue weighted by Gasteiger charge is -2.18.